The largest absolute Gasteiger partial charge is 0.465 e. The number of piperazine rings is 1. The van der Waals surface area contributed by atoms with E-state index in [1.54, 1.807) is 4.90 Å². The lowest BCUT2D eigenvalue weighted by atomic mass is 10.0. The zero-order valence-electron chi connectivity index (χ0n) is 21.3. The summed E-state index contributed by atoms with van der Waals surface area (Å²) < 4.78 is 11.7. The van der Waals surface area contributed by atoms with Crippen LogP contribution in [0.25, 0.3) is 0 Å². The Morgan fingerprint density at radius 2 is 1.78 bits per heavy atom. The Morgan fingerprint density at radius 1 is 1.08 bits per heavy atom. The van der Waals surface area contributed by atoms with Gasteiger partial charge >= 0.3 is 18.2 Å². The van der Waals surface area contributed by atoms with Gasteiger partial charge in [-0.3, -0.25) is 4.90 Å². The number of hydrogen-bond donors (Lipinski definition) is 1. The van der Waals surface area contributed by atoms with Gasteiger partial charge in [-0.05, 0) is 33.0 Å². The zero-order chi connectivity index (χ0) is 26.5. The number of benzene rings is 1. The number of carbonyl (C=O) groups is 2. The third-order valence-corrected chi connectivity index (χ3v) is 8.63. The molecule has 0 saturated carbocycles. The second-order valence-electron chi connectivity index (χ2n) is 9.38. The molecule has 200 valence electrons. The predicted octanol–water partition coefficient (Wildman–Crippen LogP) is 3.06. The van der Waals surface area contributed by atoms with Crippen molar-refractivity contribution in [3.05, 3.63) is 47.2 Å². The Morgan fingerprint density at radius 3 is 2.43 bits per heavy atom. The molecular weight excluding hydrogens is 591 g/mol. The highest BCUT2D eigenvalue weighted by molar-refractivity contribution is 14.1. The van der Waals surface area contributed by atoms with Gasteiger partial charge in [0.2, 0.25) is 0 Å². The fraction of sp³-hybridized carbons (Fsp3) is 0.520. The number of likely N-dealkylation sites (N-methyl/N-ethyl adjacent to an activating group) is 1. The molecule has 4 rings (SSSR count). The van der Waals surface area contributed by atoms with E-state index in [9.17, 15) is 14.7 Å². The smallest absolute Gasteiger partial charge is 0.410 e. The second-order valence-corrected chi connectivity index (χ2v) is 10.7. The lowest BCUT2D eigenvalue weighted by molar-refractivity contribution is 0.0940. The Bertz CT molecular complexity index is 1100. The third kappa shape index (κ3) is 6.72. The topological polar surface area (TPSA) is 112 Å². The molecule has 1 aromatic carbocycles. The minimum Gasteiger partial charge on any atom is -0.465 e. The van der Waals surface area contributed by atoms with E-state index >= 15 is 0 Å². The van der Waals surface area contributed by atoms with Gasteiger partial charge in [-0.25, -0.2) is 9.59 Å². The zero-order valence-corrected chi connectivity index (χ0v) is 23.5. The minimum absolute atomic E-state index is 0.0987. The SMILES string of the molecule is CC(Oc1nc2c(c(N3CCN(C(=O)OCc4ccccc4)CC3)n1)CCN(C(=O)O)C2)C(I)N(C)C. The molecule has 37 heavy (non-hydrogen) atoms. The van der Waals surface area contributed by atoms with Crippen molar-refractivity contribution in [2.24, 2.45) is 0 Å². The van der Waals surface area contributed by atoms with E-state index < -0.39 is 6.09 Å². The lowest BCUT2D eigenvalue weighted by Gasteiger charge is -2.37. The van der Waals surface area contributed by atoms with Gasteiger partial charge in [0, 0.05) is 38.3 Å². The number of fused-ring (bicyclic) bond motifs is 1. The lowest BCUT2D eigenvalue weighted by Crippen LogP contribution is -2.49. The highest BCUT2D eigenvalue weighted by Gasteiger charge is 2.31. The average molecular weight is 624 g/mol. The van der Waals surface area contributed by atoms with Gasteiger partial charge < -0.3 is 29.3 Å². The molecule has 11 nitrogen and oxygen atoms in total. The number of aromatic nitrogens is 2. The molecule has 2 aromatic rings. The number of anilines is 1. The van der Waals surface area contributed by atoms with E-state index in [1.165, 1.54) is 4.90 Å². The number of carbonyl (C=O) groups excluding carboxylic acids is 1. The van der Waals surface area contributed by atoms with Crippen LogP contribution in [-0.4, -0.2) is 98.9 Å². The van der Waals surface area contributed by atoms with Gasteiger partial charge in [-0.15, -0.1) is 0 Å². The summed E-state index contributed by atoms with van der Waals surface area (Å²) in [5.41, 5.74) is 2.55. The summed E-state index contributed by atoms with van der Waals surface area (Å²) in [6.45, 7) is 4.93. The molecule has 1 saturated heterocycles. The molecule has 2 aliphatic heterocycles. The van der Waals surface area contributed by atoms with E-state index in [0.29, 0.717) is 44.8 Å². The summed E-state index contributed by atoms with van der Waals surface area (Å²) in [6, 6.07) is 9.85. The van der Waals surface area contributed by atoms with Gasteiger partial charge in [-0.2, -0.15) is 9.97 Å². The van der Waals surface area contributed by atoms with Crippen molar-refractivity contribution >= 4 is 40.6 Å². The molecule has 2 atom stereocenters. The monoisotopic (exact) mass is 624 g/mol. The number of carboxylic acid groups (broad SMARTS) is 1. The number of nitrogens with zero attached hydrogens (tertiary/aromatic N) is 6. The van der Waals surface area contributed by atoms with Gasteiger partial charge in [-0.1, -0.05) is 52.9 Å². The third-order valence-electron chi connectivity index (χ3n) is 6.51. The average Bonchev–Trinajstić information content (AvgIpc) is 2.91. The summed E-state index contributed by atoms with van der Waals surface area (Å²) >= 11 is 2.31. The summed E-state index contributed by atoms with van der Waals surface area (Å²) in [5.74, 6) is 0.754. The van der Waals surface area contributed by atoms with Gasteiger partial charge in [0.1, 0.15) is 18.5 Å². The predicted molar refractivity (Wildman–Crippen MR) is 146 cm³/mol. The molecule has 0 spiro atoms. The summed E-state index contributed by atoms with van der Waals surface area (Å²) in [4.78, 5) is 40.8. The van der Waals surface area contributed by atoms with Crippen molar-refractivity contribution in [2.45, 2.75) is 36.6 Å². The Kier molecular flexibility index (Phi) is 8.90. The van der Waals surface area contributed by atoms with Gasteiger partial charge in [0.05, 0.1) is 16.3 Å². The first-order chi connectivity index (χ1) is 17.7. The number of alkyl halides is 1. The van der Waals surface area contributed by atoms with Crippen molar-refractivity contribution in [3.8, 4) is 6.01 Å². The van der Waals surface area contributed by atoms with Crippen molar-refractivity contribution in [2.75, 3.05) is 51.7 Å². The molecule has 2 aliphatic rings. The number of halogens is 1. The van der Waals surface area contributed by atoms with Gasteiger partial charge in [0.25, 0.3) is 0 Å². The standard InChI is InChI=1S/C25H33IN6O5/c1-17(21(26)29(2)3)37-23-27-20-15-32(24(33)34)10-9-19(20)22(28-23)30-11-13-31(14-12-30)25(35)36-16-18-7-5-4-6-8-18/h4-8,17,21H,9-16H2,1-3H3,(H,33,34). The molecule has 2 amide bonds. The van der Waals surface area contributed by atoms with E-state index in [0.717, 1.165) is 16.9 Å². The quantitative estimate of drug-likeness (QED) is 0.282. The van der Waals surface area contributed by atoms with Crippen LogP contribution in [0.3, 0.4) is 0 Å². The van der Waals surface area contributed by atoms with Crippen LogP contribution in [0.5, 0.6) is 6.01 Å². The fourth-order valence-corrected chi connectivity index (χ4v) is 4.57. The van der Waals surface area contributed by atoms with Crippen molar-refractivity contribution < 1.29 is 24.2 Å². The number of rotatable bonds is 7. The van der Waals surface area contributed by atoms with Crippen LogP contribution in [-0.2, 0) is 24.3 Å². The van der Waals surface area contributed by atoms with Crippen LogP contribution >= 0.6 is 22.6 Å². The van der Waals surface area contributed by atoms with Crippen molar-refractivity contribution in [1.82, 2.24) is 24.7 Å². The van der Waals surface area contributed by atoms with Crippen LogP contribution in [0, 0.1) is 0 Å². The maximum absolute atomic E-state index is 12.6. The van der Waals surface area contributed by atoms with Crippen LogP contribution in [0.1, 0.15) is 23.7 Å². The Balaban J connectivity index is 1.47. The summed E-state index contributed by atoms with van der Waals surface area (Å²) in [5, 5.41) is 9.51. The van der Waals surface area contributed by atoms with Crippen molar-refractivity contribution in [1.29, 1.82) is 0 Å². The molecule has 0 aliphatic carbocycles. The first-order valence-corrected chi connectivity index (χ1v) is 13.5. The molecule has 0 radical (unpaired) electrons. The molecule has 1 fully saturated rings. The van der Waals surface area contributed by atoms with E-state index in [4.69, 9.17) is 14.5 Å². The Labute approximate surface area is 230 Å². The van der Waals surface area contributed by atoms with Crippen LogP contribution in [0.4, 0.5) is 15.4 Å². The molecule has 12 heteroatoms. The summed E-state index contributed by atoms with van der Waals surface area (Å²) in [6.07, 6.45) is -0.959. The molecule has 1 aromatic heterocycles. The molecule has 2 unspecified atom stereocenters. The number of ether oxygens (including phenoxy) is 2. The van der Waals surface area contributed by atoms with E-state index in [-0.39, 0.29) is 35.4 Å². The molecule has 0 bridgehead atoms. The first kappa shape index (κ1) is 27.2. The van der Waals surface area contributed by atoms with E-state index in [2.05, 4.69) is 32.5 Å². The number of amides is 2. The highest BCUT2D eigenvalue weighted by atomic mass is 127. The highest BCUT2D eigenvalue weighted by Crippen LogP contribution is 2.30. The first-order valence-electron chi connectivity index (χ1n) is 12.3. The summed E-state index contributed by atoms with van der Waals surface area (Å²) in [7, 11) is 3.95. The van der Waals surface area contributed by atoms with Crippen molar-refractivity contribution in [3.63, 3.8) is 0 Å². The molecular formula is C25H33IN6O5. The normalized spacial score (nSPS) is 17.3. The van der Waals surface area contributed by atoms with Crippen LogP contribution < -0.4 is 9.64 Å². The number of hydrogen-bond acceptors (Lipinski definition) is 8. The maximum Gasteiger partial charge on any atom is 0.410 e. The van der Waals surface area contributed by atoms with Crippen LogP contribution in [0.15, 0.2) is 30.3 Å². The van der Waals surface area contributed by atoms with Crippen LogP contribution in [0.2, 0.25) is 0 Å². The molecule has 3 heterocycles. The second kappa shape index (κ2) is 12.1. The fourth-order valence-electron chi connectivity index (χ4n) is 4.42. The maximum atomic E-state index is 12.6. The molecule has 1 N–H and O–H groups in total. The minimum atomic E-state index is -0.968. The van der Waals surface area contributed by atoms with E-state index in [1.807, 2.05) is 56.3 Å². The Hall–Kier alpha value is -2.87. The van der Waals surface area contributed by atoms with Gasteiger partial charge in [0.15, 0.2) is 0 Å².